The Balaban J connectivity index is 1.22. The van der Waals surface area contributed by atoms with Gasteiger partial charge in [0.2, 0.25) is 0 Å². The van der Waals surface area contributed by atoms with E-state index in [0.717, 1.165) is 48.5 Å². The fourth-order valence-electron chi connectivity index (χ4n) is 12.5. The molecule has 2 nitrogen and oxygen atoms in total. The minimum atomic E-state index is 0.834. The quantitative estimate of drug-likeness (QED) is 0.0383. The van der Waals surface area contributed by atoms with Crippen LogP contribution in [0.5, 0.6) is 0 Å². The first-order valence-corrected chi connectivity index (χ1v) is 33.0. The van der Waals surface area contributed by atoms with Crippen LogP contribution in [0.4, 0.5) is 0 Å². The lowest BCUT2D eigenvalue weighted by Gasteiger charge is -2.19. The van der Waals surface area contributed by atoms with Gasteiger partial charge in [0, 0.05) is 36.2 Å². The summed E-state index contributed by atoms with van der Waals surface area (Å²) in [4.78, 5) is 17.2. The molecule has 0 aliphatic heterocycles. The molecule has 0 amide bonds. The van der Waals surface area contributed by atoms with Crippen molar-refractivity contribution in [3.8, 4) is 76.4 Å². The van der Waals surface area contributed by atoms with Crippen LogP contribution in [0.3, 0.4) is 0 Å². The molecule has 9 rings (SSSR count). The molecular weight excluding hydrogens is 981 g/mol. The number of hydrogen-bond donors (Lipinski definition) is 0. The van der Waals surface area contributed by atoms with Crippen LogP contribution in [-0.2, 0) is 25.7 Å². The Labute approximate surface area is 480 Å². The largest absolute Gasteiger partial charge is 0.228 e. The smallest absolute Gasteiger partial charge is 0.160 e. The van der Waals surface area contributed by atoms with E-state index in [0.29, 0.717) is 0 Å². The monoisotopic (exact) mass is 1070 g/mol. The molecule has 0 N–H and O–H groups in total. The van der Waals surface area contributed by atoms with Crippen LogP contribution >= 0.6 is 22.7 Å². The summed E-state index contributed by atoms with van der Waals surface area (Å²) in [7, 11) is 0. The minimum Gasteiger partial charge on any atom is -0.228 e. The van der Waals surface area contributed by atoms with Crippen LogP contribution in [0.15, 0.2) is 109 Å². The predicted octanol–water partition coefficient (Wildman–Crippen LogP) is 24.0. The van der Waals surface area contributed by atoms with Crippen molar-refractivity contribution in [1.29, 1.82) is 0 Å². The van der Waals surface area contributed by atoms with Gasteiger partial charge in [-0.25, -0.2) is 9.97 Å². The van der Waals surface area contributed by atoms with E-state index in [4.69, 9.17) is 9.97 Å². The first-order valence-electron chi connectivity index (χ1n) is 31.4. The first kappa shape index (κ1) is 57.5. The Bertz CT molecular complexity index is 3180. The first-order chi connectivity index (χ1) is 38.4. The van der Waals surface area contributed by atoms with E-state index in [1.54, 1.807) is 0 Å². The molecule has 0 saturated heterocycles. The van der Waals surface area contributed by atoms with Gasteiger partial charge in [-0.15, -0.1) is 22.7 Å². The van der Waals surface area contributed by atoms with Gasteiger partial charge in [0.15, 0.2) is 5.82 Å². The number of hydrogen-bond acceptors (Lipinski definition) is 4. The molecule has 5 aromatic carbocycles. The van der Waals surface area contributed by atoms with Gasteiger partial charge in [0.1, 0.15) is 0 Å². The zero-order chi connectivity index (χ0) is 54.1. The third kappa shape index (κ3) is 14.6. The Hall–Kier alpha value is -5.16. The standard InChI is InChI=1S/C74H92N2S2/c1-7-11-15-19-23-27-34-55-48-64(56(46-53(55)5)35-28-24-20-16-12-8-2)68-52-69(76-74(75-68)60-47-59-38-33-41-63-61-39-31-32-40-62(61)67(51-60)73(59)63)65-49-58(37-30-26-22-18-14-10-4)66(50-57(65)36-29-25-21-17-13-9-3)70-44-45-72(78-70)71-43-42-54(6)77-71/h31-33,38-52H,7-30,34-37H2,1-6H3. The Kier molecular flexibility index (Phi) is 21.6. The van der Waals surface area contributed by atoms with Crippen molar-refractivity contribution in [2.45, 2.75) is 221 Å². The van der Waals surface area contributed by atoms with Crippen LogP contribution in [0.25, 0.3) is 87.1 Å². The molecule has 8 aromatic rings. The van der Waals surface area contributed by atoms with Crippen LogP contribution in [-0.4, -0.2) is 9.97 Å². The lowest BCUT2D eigenvalue weighted by atomic mass is 9.88. The maximum Gasteiger partial charge on any atom is 0.160 e. The van der Waals surface area contributed by atoms with E-state index in [2.05, 4.69) is 151 Å². The molecule has 0 bridgehead atoms. The number of aryl methyl sites for hydroxylation is 6. The van der Waals surface area contributed by atoms with Gasteiger partial charge in [-0.2, -0.15) is 0 Å². The average molecular weight is 1070 g/mol. The van der Waals surface area contributed by atoms with E-state index in [1.165, 1.54) is 251 Å². The van der Waals surface area contributed by atoms with Crippen molar-refractivity contribution in [1.82, 2.24) is 9.97 Å². The van der Waals surface area contributed by atoms with Crippen molar-refractivity contribution >= 4 is 33.4 Å². The number of thiophene rings is 2. The van der Waals surface area contributed by atoms with Crippen molar-refractivity contribution in [2.75, 3.05) is 0 Å². The lowest BCUT2D eigenvalue weighted by molar-refractivity contribution is 0.605. The molecule has 0 atom stereocenters. The Morgan fingerprint density at radius 2 is 0.782 bits per heavy atom. The van der Waals surface area contributed by atoms with Gasteiger partial charge in [-0.3, -0.25) is 0 Å². The van der Waals surface area contributed by atoms with E-state index in [-0.39, 0.29) is 0 Å². The second-order valence-corrected chi connectivity index (χ2v) is 25.6. The molecule has 0 unspecified atom stereocenters. The van der Waals surface area contributed by atoms with E-state index in [1.807, 2.05) is 22.7 Å². The topological polar surface area (TPSA) is 25.8 Å². The highest BCUT2D eigenvalue weighted by Gasteiger charge is 2.25. The van der Waals surface area contributed by atoms with Gasteiger partial charge in [-0.05, 0) is 192 Å². The van der Waals surface area contributed by atoms with Gasteiger partial charge in [0.05, 0.1) is 11.4 Å². The summed E-state index contributed by atoms with van der Waals surface area (Å²) in [5.74, 6) is 0.834. The summed E-state index contributed by atoms with van der Waals surface area (Å²) in [5.41, 5.74) is 19.8. The highest BCUT2D eigenvalue weighted by atomic mass is 32.1. The summed E-state index contributed by atoms with van der Waals surface area (Å²) in [6, 6.07) is 42.9. The highest BCUT2D eigenvalue weighted by Crippen LogP contribution is 2.49. The normalized spacial score (nSPS) is 11.9. The number of benzene rings is 5. The molecule has 1 aliphatic rings. The van der Waals surface area contributed by atoms with E-state index < -0.39 is 0 Å². The molecular formula is C74H92N2S2. The SMILES string of the molecule is CCCCCCCCc1cc(-c2cc(-c3cc(CCCCCCCC)c(-c4ccc(-c5ccc(C)s5)s4)cc3CCCCCCCC)nc(-c3cc4c5c(cccc5c3)-c3ccccc3-4)n2)c(CCCCCCCC)cc1C. The second kappa shape index (κ2) is 29.3. The van der Waals surface area contributed by atoms with Crippen molar-refractivity contribution in [2.24, 2.45) is 0 Å². The molecule has 0 spiro atoms. The van der Waals surface area contributed by atoms with Gasteiger partial charge in [0.25, 0.3) is 0 Å². The molecule has 4 heteroatoms. The Morgan fingerprint density at radius 3 is 1.35 bits per heavy atom. The minimum absolute atomic E-state index is 0.834. The fourth-order valence-corrected chi connectivity index (χ4v) is 14.5. The number of fused-ring (bicyclic) bond motifs is 3. The predicted molar refractivity (Wildman–Crippen MR) is 345 cm³/mol. The van der Waals surface area contributed by atoms with Crippen LogP contribution < -0.4 is 0 Å². The van der Waals surface area contributed by atoms with Gasteiger partial charge in [-0.1, -0.05) is 205 Å². The maximum atomic E-state index is 5.86. The van der Waals surface area contributed by atoms with Crippen molar-refractivity contribution < 1.29 is 0 Å². The number of rotatable bonds is 33. The van der Waals surface area contributed by atoms with Crippen LogP contribution in [0.1, 0.15) is 214 Å². The third-order valence-corrected chi connectivity index (χ3v) is 19.3. The zero-order valence-electron chi connectivity index (χ0n) is 48.9. The Morgan fingerprint density at radius 1 is 0.333 bits per heavy atom. The summed E-state index contributed by atoms with van der Waals surface area (Å²) in [6.07, 6.45) is 35.2. The average Bonchev–Trinajstić information content (AvgIpc) is 4.42. The summed E-state index contributed by atoms with van der Waals surface area (Å²) in [6.45, 7) is 13.9. The molecule has 0 fully saturated rings. The molecule has 1 aliphatic carbocycles. The lowest BCUT2D eigenvalue weighted by Crippen LogP contribution is -2.03. The van der Waals surface area contributed by atoms with Crippen LogP contribution in [0.2, 0.25) is 0 Å². The highest BCUT2D eigenvalue weighted by molar-refractivity contribution is 7.23. The van der Waals surface area contributed by atoms with Gasteiger partial charge >= 0.3 is 0 Å². The summed E-state index contributed by atoms with van der Waals surface area (Å²) >= 11 is 3.89. The summed E-state index contributed by atoms with van der Waals surface area (Å²) < 4.78 is 0. The van der Waals surface area contributed by atoms with Crippen molar-refractivity contribution in [3.05, 3.63) is 142 Å². The van der Waals surface area contributed by atoms with Crippen molar-refractivity contribution in [3.63, 3.8) is 0 Å². The molecule has 3 aromatic heterocycles. The molecule has 3 heterocycles. The van der Waals surface area contributed by atoms with Crippen LogP contribution in [0, 0.1) is 13.8 Å². The molecule has 78 heavy (non-hydrogen) atoms. The summed E-state index contributed by atoms with van der Waals surface area (Å²) in [5, 5.41) is 2.61. The fraction of sp³-hybridized carbons (Fsp3) is 0.459. The number of nitrogens with zero attached hydrogens (tertiary/aromatic N) is 2. The maximum absolute atomic E-state index is 5.86. The molecule has 410 valence electrons. The van der Waals surface area contributed by atoms with E-state index in [9.17, 15) is 0 Å². The third-order valence-electron chi connectivity index (χ3n) is 17.0. The second-order valence-electron chi connectivity index (χ2n) is 23.2. The molecule has 0 saturated carbocycles. The van der Waals surface area contributed by atoms with E-state index >= 15 is 0 Å². The zero-order valence-corrected chi connectivity index (χ0v) is 50.5. The molecule has 0 radical (unpaired) electrons. The van der Waals surface area contributed by atoms with Gasteiger partial charge < -0.3 is 0 Å². The number of unbranched alkanes of at least 4 members (excludes halogenated alkanes) is 20. The number of aromatic nitrogens is 2.